The Balaban J connectivity index is 2.56. The molecular formula is C10H12BrClN2O2S. The molecule has 0 aliphatic heterocycles. The lowest BCUT2D eigenvalue weighted by atomic mass is 10.2. The molecule has 0 spiro atoms. The predicted octanol–water partition coefficient (Wildman–Crippen LogP) is 3.33. The summed E-state index contributed by atoms with van der Waals surface area (Å²) in [4.78, 5) is 19.3. The highest BCUT2D eigenvalue weighted by molar-refractivity contribution is 9.10. The first kappa shape index (κ1) is 14.7. The second-order valence-electron chi connectivity index (χ2n) is 4.17. The molecule has 0 bridgehead atoms. The van der Waals surface area contributed by atoms with E-state index in [0.717, 1.165) is 0 Å². The van der Waals surface area contributed by atoms with Crippen LogP contribution in [0.15, 0.2) is 15.7 Å². The number of thioether (sulfide) groups is 1. The summed E-state index contributed by atoms with van der Waals surface area (Å²) in [6, 6.07) is 0. The predicted molar refractivity (Wildman–Crippen MR) is 71.3 cm³/mol. The molecule has 0 radical (unpaired) electrons. The van der Waals surface area contributed by atoms with E-state index in [1.807, 2.05) is 20.8 Å². The minimum atomic E-state index is -0.474. The van der Waals surface area contributed by atoms with Crippen LogP contribution in [0.4, 0.5) is 0 Å². The van der Waals surface area contributed by atoms with Gasteiger partial charge in [-0.25, -0.2) is 9.97 Å². The lowest BCUT2D eigenvalue weighted by Crippen LogP contribution is -2.24. The molecule has 0 aromatic carbocycles. The molecule has 0 amide bonds. The molecule has 0 atom stereocenters. The van der Waals surface area contributed by atoms with Crippen LogP contribution in [0.2, 0.25) is 5.28 Å². The topological polar surface area (TPSA) is 52.1 Å². The summed E-state index contributed by atoms with van der Waals surface area (Å²) >= 11 is 10.2. The van der Waals surface area contributed by atoms with Crippen molar-refractivity contribution in [2.75, 3.05) is 5.75 Å². The average molecular weight is 340 g/mol. The summed E-state index contributed by atoms with van der Waals surface area (Å²) in [7, 11) is 0. The molecule has 1 aromatic rings. The number of hydrogen-bond donors (Lipinski definition) is 0. The SMILES string of the molecule is CC(C)(C)OC(=O)CSc1nc(Cl)ncc1Br. The van der Waals surface area contributed by atoms with Gasteiger partial charge in [0.25, 0.3) is 0 Å². The van der Waals surface area contributed by atoms with E-state index in [1.54, 1.807) is 6.20 Å². The summed E-state index contributed by atoms with van der Waals surface area (Å²) in [5, 5.41) is 0.774. The van der Waals surface area contributed by atoms with Crippen molar-refractivity contribution in [1.82, 2.24) is 9.97 Å². The molecule has 0 saturated carbocycles. The summed E-state index contributed by atoms with van der Waals surface area (Å²) in [6.07, 6.45) is 1.55. The highest BCUT2D eigenvalue weighted by atomic mass is 79.9. The van der Waals surface area contributed by atoms with Crippen LogP contribution in [-0.4, -0.2) is 27.3 Å². The molecule has 4 nitrogen and oxygen atoms in total. The van der Waals surface area contributed by atoms with E-state index >= 15 is 0 Å². The van der Waals surface area contributed by atoms with E-state index in [-0.39, 0.29) is 17.0 Å². The van der Waals surface area contributed by atoms with Crippen molar-refractivity contribution in [2.24, 2.45) is 0 Å². The molecule has 1 rings (SSSR count). The highest BCUT2D eigenvalue weighted by Crippen LogP contribution is 2.26. The van der Waals surface area contributed by atoms with Crippen molar-refractivity contribution in [3.63, 3.8) is 0 Å². The maximum absolute atomic E-state index is 11.5. The maximum atomic E-state index is 11.5. The Labute approximate surface area is 118 Å². The summed E-state index contributed by atoms with van der Waals surface area (Å²) in [6.45, 7) is 5.48. The number of rotatable bonds is 3. The van der Waals surface area contributed by atoms with Crippen molar-refractivity contribution in [3.8, 4) is 0 Å². The first-order valence-corrected chi connectivity index (χ1v) is 6.96. The lowest BCUT2D eigenvalue weighted by molar-refractivity contribution is -0.151. The van der Waals surface area contributed by atoms with Crippen molar-refractivity contribution in [2.45, 2.75) is 31.4 Å². The molecule has 0 fully saturated rings. The zero-order valence-corrected chi connectivity index (χ0v) is 12.8. The molecule has 1 aromatic heterocycles. The van der Waals surface area contributed by atoms with E-state index in [4.69, 9.17) is 16.3 Å². The molecule has 7 heteroatoms. The Morgan fingerprint density at radius 3 is 2.82 bits per heavy atom. The number of aromatic nitrogens is 2. The van der Waals surface area contributed by atoms with Crippen LogP contribution in [0.1, 0.15) is 20.8 Å². The molecular weight excluding hydrogens is 328 g/mol. The first-order valence-electron chi connectivity index (χ1n) is 4.80. The van der Waals surface area contributed by atoms with Crippen LogP contribution in [0, 0.1) is 0 Å². The smallest absolute Gasteiger partial charge is 0.316 e. The van der Waals surface area contributed by atoms with Gasteiger partial charge < -0.3 is 4.74 Å². The molecule has 0 saturated heterocycles. The van der Waals surface area contributed by atoms with Gasteiger partial charge in [0.1, 0.15) is 10.6 Å². The zero-order chi connectivity index (χ0) is 13.1. The zero-order valence-electron chi connectivity index (χ0n) is 9.66. The van der Waals surface area contributed by atoms with E-state index in [0.29, 0.717) is 9.50 Å². The van der Waals surface area contributed by atoms with Gasteiger partial charge in [0.2, 0.25) is 5.28 Å². The van der Waals surface area contributed by atoms with Crippen LogP contribution >= 0.6 is 39.3 Å². The molecule has 0 N–H and O–H groups in total. The quantitative estimate of drug-likeness (QED) is 0.366. The van der Waals surface area contributed by atoms with E-state index in [2.05, 4.69) is 25.9 Å². The van der Waals surface area contributed by atoms with E-state index in [9.17, 15) is 4.79 Å². The van der Waals surface area contributed by atoms with Crippen LogP contribution in [0.5, 0.6) is 0 Å². The van der Waals surface area contributed by atoms with Gasteiger partial charge in [-0.2, -0.15) is 0 Å². The van der Waals surface area contributed by atoms with Crippen molar-refractivity contribution >= 4 is 45.3 Å². The standard InChI is InChI=1S/C10H12BrClN2O2S/c1-10(2,3)16-7(15)5-17-8-6(11)4-13-9(12)14-8/h4H,5H2,1-3H3. The maximum Gasteiger partial charge on any atom is 0.316 e. The lowest BCUT2D eigenvalue weighted by Gasteiger charge is -2.19. The molecule has 94 valence electrons. The van der Waals surface area contributed by atoms with Crippen molar-refractivity contribution < 1.29 is 9.53 Å². The summed E-state index contributed by atoms with van der Waals surface area (Å²) < 4.78 is 5.88. The largest absolute Gasteiger partial charge is 0.459 e. The van der Waals surface area contributed by atoms with Gasteiger partial charge in [-0.3, -0.25) is 4.79 Å². The second-order valence-corrected chi connectivity index (χ2v) is 6.32. The second kappa shape index (κ2) is 6.02. The molecule has 17 heavy (non-hydrogen) atoms. The normalized spacial score (nSPS) is 11.4. The summed E-state index contributed by atoms with van der Waals surface area (Å²) in [5.41, 5.74) is -0.474. The number of carbonyl (C=O) groups is 1. The number of hydrogen-bond acceptors (Lipinski definition) is 5. The fraction of sp³-hybridized carbons (Fsp3) is 0.500. The van der Waals surface area contributed by atoms with Crippen LogP contribution in [-0.2, 0) is 9.53 Å². The van der Waals surface area contributed by atoms with E-state index < -0.39 is 5.60 Å². The average Bonchev–Trinajstić information content (AvgIpc) is 2.17. The number of nitrogens with zero attached hydrogens (tertiary/aromatic N) is 2. The van der Waals surface area contributed by atoms with Crippen LogP contribution in [0.3, 0.4) is 0 Å². The number of halogens is 2. The van der Waals surface area contributed by atoms with Gasteiger partial charge in [-0.1, -0.05) is 11.8 Å². The minimum absolute atomic E-state index is 0.153. The van der Waals surface area contributed by atoms with Gasteiger partial charge in [-0.05, 0) is 48.3 Å². The van der Waals surface area contributed by atoms with E-state index in [1.165, 1.54) is 11.8 Å². The number of ether oxygens (including phenoxy) is 1. The van der Waals surface area contributed by atoms with Gasteiger partial charge in [0, 0.05) is 6.20 Å². The first-order chi connectivity index (χ1) is 7.78. The Morgan fingerprint density at radius 1 is 1.59 bits per heavy atom. The number of esters is 1. The third-order valence-corrected chi connectivity index (χ3v) is 3.42. The Kier molecular flexibility index (Phi) is 5.22. The molecule has 1 heterocycles. The monoisotopic (exact) mass is 338 g/mol. The fourth-order valence-electron chi connectivity index (χ4n) is 0.931. The molecule has 0 unspecified atom stereocenters. The van der Waals surface area contributed by atoms with Gasteiger partial charge in [-0.15, -0.1) is 0 Å². The fourth-order valence-corrected chi connectivity index (χ4v) is 2.30. The van der Waals surface area contributed by atoms with Crippen LogP contribution in [0.25, 0.3) is 0 Å². The van der Waals surface area contributed by atoms with Gasteiger partial charge >= 0.3 is 5.97 Å². The Morgan fingerprint density at radius 2 is 2.24 bits per heavy atom. The van der Waals surface area contributed by atoms with Gasteiger partial charge in [0.15, 0.2) is 0 Å². The Bertz CT molecular complexity index is 423. The van der Waals surface area contributed by atoms with Gasteiger partial charge in [0.05, 0.1) is 10.2 Å². The third kappa shape index (κ3) is 5.70. The highest BCUT2D eigenvalue weighted by Gasteiger charge is 2.17. The molecule has 0 aliphatic carbocycles. The van der Waals surface area contributed by atoms with Crippen molar-refractivity contribution in [3.05, 3.63) is 16.0 Å². The molecule has 0 aliphatic rings. The minimum Gasteiger partial charge on any atom is -0.459 e. The summed E-state index contributed by atoms with van der Waals surface area (Å²) in [5.74, 6) is -0.104. The third-order valence-electron chi connectivity index (χ3n) is 1.43. The Hall–Kier alpha value is -0.330. The number of carbonyl (C=O) groups excluding carboxylic acids is 1. The van der Waals surface area contributed by atoms with Crippen molar-refractivity contribution in [1.29, 1.82) is 0 Å². The van der Waals surface area contributed by atoms with Crippen LogP contribution < -0.4 is 0 Å².